The quantitative estimate of drug-likeness (QED) is 0.229. The van der Waals surface area contributed by atoms with Crippen molar-refractivity contribution in [1.82, 2.24) is 40.5 Å². The Morgan fingerprint density at radius 2 is 1.52 bits per heavy atom. The number of likely N-dealkylation sites (N-methyl/N-ethyl adjacent to an activating group) is 3. The molecule has 19 nitrogen and oxygen atoms in total. The molecule has 8 unspecified atom stereocenters. The predicted molar refractivity (Wildman–Crippen MR) is 228 cm³/mol. The molecule has 63 heavy (non-hydrogen) atoms. The van der Waals surface area contributed by atoms with Crippen LogP contribution in [0.4, 0.5) is 0 Å². The number of aliphatic hydroxyl groups excluding tert-OH is 1. The number of pyridine rings is 1. The number of esters is 1. The number of rotatable bonds is 8. The van der Waals surface area contributed by atoms with E-state index in [-0.39, 0.29) is 37.6 Å². The number of aliphatic hydroxyl groups is 1. The van der Waals surface area contributed by atoms with E-state index in [2.05, 4.69) is 20.9 Å². The van der Waals surface area contributed by atoms with Crippen molar-refractivity contribution in [3.05, 3.63) is 59.9 Å². The summed E-state index contributed by atoms with van der Waals surface area (Å²) in [5, 5.41) is 29.0. The molecule has 4 rings (SSSR count). The summed E-state index contributed by atoms with van der Waals surface area (Å²) in [5.41, 5.74) is -0.131. The summed E-state index contributed by atoms with van der Waals surface area (Å²) in [5.74, 6) is -7.64. The molecule has 1 aromatic carbocycles. The highest BCUT2D eigenvalue weighted by Crippen LogP contribution is 2.26. The molecule has 19 heteroatoms. The lowest BCUT2D eigenvalue weighted by Crippen LogP contribution is -2.59. The molecule has 2 aromatic rings. The normalized spacial score (nSPS) is 25.8. The molecule has 2 saturated heterocycles. The number of hydrogen-bond donors (Lipinski definition) is 5. The maximum Gasteiger partial charge on any atom is 0.333 e. The lowest BCUT2D eigenvalue weighted by Gasteiger charge is -2.37. The van der Waals surface area contributed by atoms with Gasteiger partial charge < -0.3 is 50.5 Å². The number of aromatic hydroxyl groups is 1. The fraction of sp³-hybridized carbons (Fsp3) is 0.568. The van der Waals surface area contributed by atoms with Crippen LogP contribution in [0.5, 0.6) is 5.75 Å². The molecule has 0 spiro atoms. The Morgan fingerprint density at radius 3 is 2.13 bits per heavy atom. The van der Waals surface area contributed by atoms with Crippen molar-refractivity contribution in [3.8, 4) is 5.75 Å². The lowest BCUT2D eigenvalue weighted by molar-refractivity contribution is -0.157. The molecule has 0 aliphatic carbocycles. The highest BCUT2D eigenvalue weighted by atomic mass is 16.5. The Morgan fingerprint density at radius 1 is 0.873 bits per heavy atom. The number of amides is 7. The topological polar surface area (TPSA) is 248 Å². The molecule has 1 aromatic heterocycles. The monoisotopic (exact) mass is 878 g/mol. The summed E-state index contributed by atoms with van der Waals surface area (Å²) in [7, 11) is 4.15. The fourth-order valence-corrected chi connectivity index (χ4v) is 7.74. The van der Waals surface area contributed by atoms with Crippen LogP contribution in [-0.4, -0.2) is 159 Å². The number of carbonyl (C=O) groups excluding carboxylic acids is 8. The number of benzene rings is 1. The molecular formula is C44H62N8O11. The van der Waals surface area contributed by atoms with Gasteiger partial charge in [-0.05, 0) is 48.3 Å². The lowest BCUT2D eigenvalue weighted by atomic mass is 9.88. The summed E-state index contributed by atoms with van der Waals surface area (Å²) >= 11 is 0. The highest BCUT2D eigenvalue weighted by molar-refractivity contribution is 6.00. The third-order valence-electron chi connectivity index (χ3n) is 11.7. The van der Waals surface area contributed by atoms with E-state index in [4.69, 9.17) is 4.74 Å². The van der Waals surface area contributed by atoms with Crippen LogP contribution < -0.4 is 16.0 Å². The number of carbonyl (C=O) groups is 8. The summed E-state index contributed by atoms with van der Waals surface area (Å²) in [4.78, 5) is 121. The molecule has 2 fully saturated rings. The van der Waals surface area contributed by atoms with Gasteiger partial charge in [-0.1, -0.05) is 71.9 Å². The van der Waals surface area contributed by atoms with Gasteiger partial charge in [-0.2, -0.15) is 0 Å². The Hall–Kier alpha value is -6.11. The van der Waals surface area contributed by atoms with E-state index in [1.165, 1.54) is 44.4 Å². The molecule has 0 radical (unpaired) electrons. The second kappa shape index (κ2) is 21.8. The number of aromatic nitrogens is 1. The largest absolute Gasteiger partial charge is 0.505 e. The van der Waals surface area contributed by atoms with E-state index < -0.39 is 120 Å². The van der Waals surface area contributed by atoms with Gasteiger partial charge in [0, 0.05) is 40.3 Å². The Kier molecular flexibility index (Phi) is 17.1. The third kappa shape index (κ3) is 12.1. The van der Waals surface area contributed by atoms with Crippen LogP contribution in [-0.2, 0) is 38.3 Å². The van der Waals surface area contributed by atoms with Crippen molar-refractivity contribution in [3.63, 3.8) is 0 Å². The van der Waals surface area contributed by atoms with Crippen LogP contribution in [0.15, 0.2) is 48.7 Å². The van der Waals surface area contributed by atoms with Crippen LogP contribution >= 0.6 is 0 Å². The first-order chi connectivity index (χ1) is 29.7. The number of cyclic esters (lactones) is 1. The van der Waals surface area contributed by atoms with Gasteiger partial charge in [0.05, 0.1) is 12.6 Å². The molecule has 0 saturated carbocycles. The van der Waals surface area contributed by atoms with Gasteiger partial charge in [0.15, 0.2) is 11.7 Å². The third-order valence-corrected chi connectivity index (χ3v) is 11.7. The fourth-order valence-electron chi connectivity index (χ4n) is 7.74. The van der Waals surface area contributed by atoms with Crippen molar-refractivity contribution in [1.29, 1.82) is 0 Å². The van der Waals surface area contributed by atoms with Gasteiger partial charge in [-0.3, -0.25) is 33.6 Å². The predicted octanol–water partition coefficient (Wildman–Crippen LogP) is 0.607. The number of hydrogen-bond acceptors (Lipinski definition) is 12. The molecule has 5 N–H and O–H groups in total. The van der Waals surface area contributed by atoms with Crippen molar-refractivity contribution in [2.24, 2.45) is 17.8 Å². The van der Waals surface area contributed by atoms with Crippen LogP contribution in [0.2, 0.25) is 0 Å². The zero-order valence-electron chi connectivity index (χ0n) is 37.4. The summed E-state index contributed by atoms with van der Waals surface area (Å²) < 4.78 is 5.73. The smallest absolute Gasteiger partial charge is 0.333 e. The first kappa shape index (κ1) is 49.5. The van der Waals surface area contributed by atoms with Gasteiger partial charge in [-0.25, -0.2) is 9.78 Å². The maximum atomic E-state index is 14.4. The van der Waals surface area contributed by atoms with Crippen LogP contribution in [0.3, 0.4) is 0 Å². The summed E-state index contributed by atoms with van der Waals surface area (Å²) in [6, 6.07) is 2.76. The van der Waals surface area contributed by atoms with E-state index >= 15 is 0 Å². The molecule has 8 atom stereocenters. The van der Waals surface area contributed by atoms with Gasteiger partial charge in [-0.15, -0.1) is 0 Å². The Balaban J connectivity index is 1.85. The van der Waals surface area contributed by atoms with Gasteiger partial charge >= 0.3 is 5.97 Å². The van der Waals surface area contributed by atoms with Crippen molar-refractivity contribution < 1.29 is 53.3 Å². The van der Waals surface area contributed by atoms with Crippen LogP contribution in [0, 0.1) is 17.8 Å². The summed E-state index contributed by atoms with van der Waals surface area (Å²) in [6.07, 6.45) is 0.0751. The second-order valence-electron chi connectivity index (χ2n) is 17.1. The molecule has 0 bridgehead atoms. The average molecular weight is 879 g/mol. The Labute approximate surface area is 367 Å². The molecule has 344 valence electrons. The molecule has 2 aliphatic rings. The van der Waals surface area contributed by atoms with Crippen molar-refractivity contribution in [2.75, 3.05) is 40.8 Å². The standard InChI is InChI=1S/C44H62N8O11/c1-10-29-41(59)51(9)37(27-15-12-11-13-16-27)44(62)63-23-31(48-39(57)35-33(54)17-14-18-45-35)38(56)47-30(19-24(2)3)42(60)52-21-28(53)20-32(52)43(61)49(7)22-34(55)50(8)36(40(58)46-29)26(6)25(4)5/h11-18,24-26,28-32,36-37,53-54H,10,19-23H2,1-9H3,(H,46,58)(H,47,56)(H,48,57). The zero-order chi connectivity index (χ0) is 46.9. The summed E-state index contributed by atoms with van der Waals surface area (Å²) in [6.45, 7) is 9.21. The first-order valence-corrected chi connectivity index (χ1v) is 21.2. The van der Waals surface area contributed by atoms with Gasteiger partial charge in [0.25, 0.3) is 5.91 Å². The number of nitrogens with one attached hydrogen (secondary N) is 3. The van der Waals surface area contributed by atoms with E-state index in [1.807, 2.05) is 13.8 Å². The van der Waals surface area contributed by atoms with E-state index in [1.54, 1.807) is 58.0 Å². The van der Waals surface area contributed by atoms with E-state index in [9.17, 15) is 48.6 Å². The molecular weight excluding hydrogens is 817 g/mol. The molecule has 7 amide bonds. The minimum atomic E-state index is -1.71. The first-order valence-electron chi connectivity index (χ1n) is 21.2. The van der Waals surface area contributed by atoms with Crippen molar-refractivity contribution in [2.45, 2.75) is 103 Å². The molecule has 2 aliphatic heterocycles. The van der Waals surface area contributed by atoms with Crippen molar-refractivity contribution >= 4 is 47.3 Å². The van der Waals surface area contributed by atoms with Crippen LogP contribution in [0.1, 0.15) is 82.9 Å². The van der Waals surface area contributed by atoms with E-state index in [0.29, 0.717) is 5.56 Å². The minimum Gasteiger partial charge on any atom is -0.505 e. The number of ether oxygens (including phenoxy) is 1. The van der Waals surface area contributed by atoms with Gasteiger partial charge in [0.1, 0.15) is 42.6 Å². The average Bonchev–Trinajstić information content (AvgIpc) is 3.64. The SMILES string of the molecule is CCC1NC(=O)C(C(C)C(C)C)N(C)C(=O)CN(C)C(=O)C2CC(O)CN2C(=O)C(CC(C)C)NC(=O)C(NC(=O)c2ncccc2O)COC(=O)C(c2ccccc2)N(C)C1=O. The minimum absolute atomic E-state index is 0.0394. The maximum absolute atomic E-state index is 14.4. The van der Waals surface area contributed by atoms with Gasteiger partial charge in [0.2, 0.25) is 35.4 Å². The zero-order valence-corrected chi connectivity index (χ0v) is 37.4. The number of nitrogens with zero attached hydrogens (tertiary/aromatic N) is 5. The number of fused-ring (bicyclic) bond motifs is 1. The Bertz CT molecular complexity index is 2000. The molecule has 3 heterocycles. The highest BCUT2D eigenvalue weighted by Gasteiger charge is 2.45. The van der Waals surface area contributed by atoms with E-state index in [0.717, 1.165) is 14.7 Å². The second-order valence-corrected chi connectivity index (χ2v) is 17.1. The van der Waals surface area contributed by atoms with Crippen LogP contribution in [0.25, 0.3) is 0 Å².